The van der Waals surface area contributed by atoms with E-state index < -0.39 is 0 Å². The van der Waals surface area contributed by atoms with E-state index in [4.69, 9.17) is 0 Å². The molecule has 4 nitrogen and oxygen atoms in total. The monoisotopic (exact) mass is 395 g/mol. The average Bonchev–Trinajstić information content (AvgIpc) is 2.75. The molecule has 2 aromatic carbocycles. The summed E-state index contributed by atoms with van der Waals surface area (Å²) in [5.41, 5.74) is 2.11. The van der Waals surface area contributed by atoms with Crippen LogP contribution in [0.3, 0.4) is 0 Å². The highest BCUT2D eigenvalue weighted by molar-refractivity contribution is 5.90. The minimum atomic E-state index is -0.241. The van der Waals surface area contributed by atoms with Gasteiger partial charge in [-0.15, -0.1) is 0 Å². The summed E-state index contributed by atoms with van der Waals surface area (Å²) in [6.45, 7) is 5.36. The van der Waals surface area contributed by atoms with Gasteiger partial charge in [0.15, 0.2) is 0 Å². The van der Waals surface area contributed by atoms with E-state index in [0.717, 1.165) is 30.6 Å². The van der Waals surface area contributed by atoms with Crippen molar-refractivity contribution in [3.05, 3.63) is 54.3 Å². The summed E-state index contributed by atoms with van der Waals surface area (Å²) in [5, 5.41) is 3.01. The fraction of sp³-hybridized carbons (Fsp3) is 0.458. The van der Waals surface area contributed by atoms with Crippen LogP contribution in [0.1, 0.15) is 39.0 Å². The van der Waals surface area contributed by atoms with Crippen LogP contribution in [-0.2, 0) is 0 Å². The van der Waals surface area contributed by atoms with Gasteiger partial charge in [0, 0.05) is 29.9 Å². The molecule has 0 radical (unpaired) electrons. The second-order valence-electron chi connectivity index (χ2n) is 8.30. The molecule has 154 valence electrons. The zero-order valence-electron chi connectivity index (χ0n) is 17.1. The van der Waals surface area contributed by atoms with Crippen molar-refractivity contribution >= 4 is 11.7 Å². The SMILES string of the molecule is CC1CC(N2CCCCC2)CCN1C(=O)Nc1ccc(-c2ccccc2F)cc1. The first-order valence-corrected chi connectivity index (χ1v) is 10.8. The summed E-state index contributed by atoms with van der Waals surface area (Å²) >= 11 is 0. The third kappa shape index (κ3) is 4.61. The minimum absolute atomic E-state index is 0.0479. The van der Waals surface area contributed by atoms with Gasteiger partial charge in [0.2, 0.25) is 0 Å². The van der Waals surface area contributed by atoms with Gasteiger partial charge in [0.05, 0.1) is 0 Å². The van der Waals surface area contributed by atoms with Crippen molar-refractivity contribution in [2.45, 2.75) is 51.1 Å². The topological polar surface area (TPSA) is 35.6 Å². The lowest BCUT2D eigenvalue weighted by Crippen LogP contribution is -2.52. The van der Waals surface area contributed by atoms with Crippen molar-refractivity contribution in [2.24, 2.45) is 0 Å². The molecule has 0 aliphatic carbocycles. The molecule has 2 fully saturated rings. The van der Waals surface area contributed by atoms with Gasteiger partial charge >= 0.3 is 6.03 Å². The number of piperidine rings is 2. The number of benzene rings is 2. The van der Waals surface area contributed by atoms with E-state index in [0.29, 0.717) is 11.6 Å². The Bertz CT molecular complexity index is 832. The molecule has 0 aromatic heterocycles. The number of nitrogens with one attached hydrogen (secondary N) is 1. The third-order valence-corrected chi connectivity index (χ3v) is 6.34. The van der Waals surface area contributed by atoms with Crippen LogP contribution in [0.5, 0.6) is 0 Å². The molecule has 29 heavy (non-hydrogen) atoms. The molecule has 0 bridgehead atoms. The Labute approximate surface area is 172 Å². The Kier molecular flexibility index (Phi) is 6.14. The second-order valence-corrected chi connectivity index (χ2v) is 8.30. The smallest absolute Gasteiger partial charge is 0.322 e. The number of anilines is 1. The molecule has 0 saturated carbocycles. The largest absolute Gasteiger partial charge is 0.322 e. The fourth-order valence-corrected chi connectivity index (χ4v) is 4.69. The second kappa shape index (κ2) is 8.95. The highest BCUT2D eigenvalue weighted by Gasteiger charge is 2.32. The zero-order valence-corrected chi connectivity index (χ0v) is 17.1. The van der Waals surface area contributed by atoms with E-state index in [1.807, 2.05) is 35.2 Å². The summed E-state index contributed by atoms with van der Waals surface area (Å²) in [7, 11) is 0. The number of nitrogens with zero attached hydrogens (tertiary/aromatic N) is 2. The molecule has 2 atom stereocenters. The van der Waals surface area contributed by atoms with Crippen molar-refractivity contribution in [1.29, 1.82) is 0 Å². The zero-order chi connectivity index (χ0) is 20.2. The normalized spacial score (nSPS) is 23.0. The molecule has 2 amide bonds. The Balaban J connectivity index is 1.35. The number of urea groups is 1. The molecule has 2 aliphatic heterocycles. The number of carbonyl (C=O) groups excluding carboxylic acids is 1. The van der Waals surface area contributed by atoms with Gasteiger partial charge in [-0.25, -0.2) is 9.18 Å². The number of rotatable bonds is 3. The van der Waals surface area contributed by atoms with Gasteiger partial charge in [-0.2, -0.15) is 0 Å². The van der Waals surface area contributed by atoms with Crippen molar-refractivity contribution in [1.82, 2.24) is 9.80 Å². The van der Waals surface area contributed by atoms with Gasteiger partial charge in [-0.3, -0.25) is 0 Å². The van der Waals surface area contributed by atoms with Crippen LogP contribution >= 0.6 is 0 Å². The Morgan fingerprint density at radius 1 is 1.00 bits per heavy atom. The number of hydrogen-bond donors (Lipinski definition) is 1. The molecule has 0 spiro atoms. The molecule has 2 aromatic rings. The Hall–Kier alpha value is -2.40. The third-order valence-electron chi connectivity index (χ3n) is 6.34. The Morgan fingerprint density at radius 2 is 1.72 bits per heavy atom. The molecule has 2 aliphatic rings. The average molecular weight is 396 g/mol. The Morgan fingerprint density at radius 3 is 2.41 bits per heavy atom. The number of amides is 2. The van der Waals surface area contributed by atoms with Crippen LogP contribution < -0.4 is 5.32 Å². The first kappa shape index (κ1) is 19.9. The maximum atomic E-state index is 14.0. The predicted octanol–water partition coefficient (Wildman–Crippen LogP) is 5.36. The van der Waals surface area contributed by atoms with Crippen molar-refractivity contribution in [2.75, 3.05) is 25.0 Å². The number of halogens is 1. The highest BCUT2D eigenvalue weighted by Crippen LogP contribution is 2.27. The summed E-state index contributed by atoms with van der Waals surface area (Å²) in [6.07, 6.45) is 6.04. The van der Waals surface area contributed by atoms with Crippen LogP contribution in [0.25, 0.3) is 11.1 Å². The van der Waals surface area contributed by atoms with Gasteiger partial charge in [0.1, 0.15) is 5.82 Å². The van der Waals surface area contributed by atoms with Crippen molar-refractivity contribution < 1.29 is 9.18 Å². The van der Waals surface area contributed by atoms with Crippen LogP contribution in [0.2, 0.25) is 0 Å². The molecule has 2 saturated heterocycles. The summed E-state index contributed by atoms with van der Waals surface area (Å²) in [4.78, 5) is 17.4. The first-order chi connectivity index (χ1) is 14.1. The highest BCUT2D eigenvalue weighted by atomic mass is 19.1. The van der Waals surface area contributed by atoms with Crippen LogP contribution in [0.4, 0.5) is 14.9 Å². The maximum Gasteiger partial charge on any atom is 0.322 e. The maximum absolute atomic E-state index is 14.0. The molecule has 4 rings (SSSR count). The van der Waals surface area contributed by atoms with Crippen molar-refractivity contribution in [3.8, 4) is 11.1 Å². The van der Waals surface area contributed by atoms with Gasteiger partial charge in [0.25, 0.3) is 0 Å². The molecule has 5 heteroatoms. The number of hydrogen-bond acceptors (Lipinski definition) is 2. The van der Waals surface area contributed by atoms with E-state index >= 15 is 0 Å². The molecular weight excluding hydrogens is 365 g/mol. The number of carbonyl (C=O) groups is 1. The van der Waals surface area contributed by atoms with Crippen LogP contribution in [-0.4, -0.2) is 47.5 Å². The fourth-order valence-electron chi connectivity index (χ4n) is 4.69. The van der Waals surface area contributed by atoms with Crippen LogP contribution in [0, 0.1) is 5.82 Å². The van der Waals surface area contributed by atoms with E-state index in [2.05, 4.69) is 17.1 Å². The standard InChI is InChI=1S/C24H30FN3O/c1-18-17-21(27-14-5-2-6-15-27)13-16-28(18)24(29)26-20-11-9-19(10-12-20)22-7-3-4-8-23(22)25/h3-4,7-12,18,21H,2,5-6,13-17H2,1H3,(H,26,29). The van der Waals surface area contributed by atoms with E-state index in [-0.39, 0.29) is 17.9 Å². The lowest BCUT2D eigenvalue weighted by molar-refractivity contribution is 0.0797. The van der Waals surface area contributed by atoms with Crippen molar-refractivity contribution in [3.63, 3.8) is 0 Å². The van der Waals surface area contributed by atoms with E-state index in [1.54, 1.807) is 12.1 Å². The summed E-state index contributed by atoms with van der Waals surface area (Å²) in [6, 6.07) is 14.9. The lowest BCUT2D eigenvalue weighted by Gasteiger charge is -2.43. The molecular formula is C24H30FN3O. The molecule has 2 unspecified atom stereocenters. The summed E-state index contributed by atoms with van der Waals surface area (Å²) in [5.74, 6) is -0.241. The van der Waals surface area contributed by atoms with E-state index in [9.17, 15) is 9.18 Å². The van der Waals surface area contributed by atoms with Gasteiger partial charge < -0.3 is 15.1 Å². The van der Waals surface area contributed by atoms with Gasteiger partial charge in [-0.05, 0) is 69.5 Å². The minimum Gasteiger partial charge on any atom is -0.322 e. The quantitative estimate of drug-likeness (QED) is 0.759. The van der Waals surface area contributed by atoms with E-state index in [1.165, 1.54) is 38.4 Å². The first-order valence-electron chi connectivity index (χ1n) is 10.8. The summed E-state index contributed by atoms with van der Waals surface area (Å²) < 4.78 is 14.0. The number of likely N-dealkylation sites (tertiary alicyclic amines) is 2. The predicted molar refractivity (Wildman–Crippen MR) is 115 cm³/mol. The lowest BCUT2D eigenvalue weighted by atomic mass is 9.95. The molecule has 2 heterocycles. The van der Waals surface area contributed by atoms with Gasteiger partial charge in [-0.1, -0.05) is 36.8 Å². The molecule has 1 N–H and O–H groups in total. The van der Waals surface area contributed by atoms with Crippen LogP contribution in [0.15, 0.2) is 48.5 Å².